The third-order valence-electron chi connectivity index (χ3n) is 3.87. The number of nitrogens with zero attached hydrogens (tertiary/aromatic N) is 2. The summed E-state index contributed by atoms with van der Waals surface area (Å²) in [7, 11) is -7.06. The van der Waals surface area contributed by atoms with Gasteiger partial charge in [-0.2, -0.15) is 9.57 Å². The lowest BCUT2D eigenvalue weighted by molar-refractivity contribution is -0.121. The van der Waals surface area contributed by atoms with Gasteiger partial charge in [-0.05, 0) is 24.6 Å². The molecule has 0 bridgehead atoms. The first kappa shape index (κ1) is 19.4. The van der Waals surface area contributed by atoms with Crippen molar-refractivity contribution in [1.29, 1.82) is 5.26 Å². The van der Waals surface area contributed by atoms with E-state index in [2.05, 4.69) is 5.32 Å². The van der Waals surface area contributed by atoms with E-state index in [-0.39, 0.29) is 28.5 Å². The molecule has 1 unspecified atom stereocenters. The molecular weight excluding hydrogens is 366 g/mol. The van der Waals surface area contributed by atoms with Gasteiger partial charge >= 0.3 is 0 Å². The smallest absolute Gasteiger partial charge is 0.243 e. The highest BCUT2D eigenvalue weighted by molar-refractivity contribution is 7.91. The number of sulfone groups is 1. The van der Waals surface area contributed by atoms with E-state index in [0.717, 1.165) is 4.31 Å². The molecule has 1 amide bonds. The number of benzene rings is 1. The maximum absolute atomic E-state index is 12.6. The lowest BCUT2D eigenvalue weighted by Crippen LogP contribution is -2.44. The summed E-state index contributed by atoms with van der Waals surface area (Å²) >= 11 is 0. The van der Waals surface area contributed by atoms with Crippen molar-refractivity contribution in [3.8, 4) is 6.07 Å². The highest BCUT2D eigenvalue weighted by atomic mass is 32.2. The molecule has 1 fully saturated rings. The molecule has 0 radical (unpaired) electrons. The fraction of sp³-hybridized carbons (Fsp3) is 0.467. The van der Waals surface area contributed by atoms with E-state index >= 15 is 0 Å². The first-order chi connectivity index (χ1) is 11.7. The van der Waals surface area contributed by atoms with Gasteiger partial charge in [0.2, 0.25) is 15.9 Å². The van der Waals surface area contributed by atoms with Crippen molar-refractivity contribution in [3.63, 3.8) is 0 Å². The zero-order chi connectivity index (χ0) is 18.7. The Labute approximate surface area is 147 Å². The number of nitrogens with one attached hydrogen (secondary N) is 1. The van der Waals surface area contributed by atoms with Gasteiger partial charge in [0.1, 0.15) is 0 Å². The number of hydrogen-bond donors (Lipinski definition) is 1. The fourth-order valence-electron chi connectivity index (χ4n) is 2.58. The molecule has 8 nitrogen and oxygen atoms in total. The molecule has 10 heteroatoms. The lowest BCUT2D eigenvalue weighted by atomic mass is 10.2. The van der Waals surface area contributed by atoms with Gasteiger partial charge in [-0.3, -0.25) is 4.79 Å². The predicted octanol–water partition coefficient (Wildman–Crippen LogP) is -0.128. The second kappa shape index (κ2) is 7.51. The van der Waals surface area contributed by atoms with Crippen LogP contribution in [0.5, 0.6) is 0 Å². The Kier molecular flexibility index (Phi) is 5.82. The van der Waals surface area contributed by atoms with Gasteiger partial charge in [-0.15, -0.1) is 0 Å². The van der Waals surface area contributed by atoms with Gasteiger partial charge in [0.05, 0.1) is 34.6 Å². The summed E-state index contributed by atoms with van der Waals surface area (Å²) in [5.41, 5.74) is 0.206. The molecule has 1 aliphatic rings. The monoisotopic (exact) mass is 385 g/mol. The second-order valence-electron chi connectivity index (χ2n) is 5.74. The first-order valence-electron chi connectivity index (χ1n) is 7.68. The largest absolute Gasteiger partial charge is 0.351 e. The Bertz CT molecular complexity index is 903. The van der Waals surface area contributed by atoms with Crippen LogP contribution in [0.1, 0.15) is 18.9 Å². The van der Waals surface area contributed by atoms with Crippen LogP contribution in [0.15, 0.2) is 29.2 Å². The first-order valence-corrected chi connectivity index (χ1v) is 10.9. The number of rotatable bonds is 6. The molecule has 0 saturated carbocycles. The topological polar surface area (TPSA) is 124 Å². The van der Waals surface area contributed by atoms with Gasteiger partial charge in [0, 0.05) is 12.6 Å². The lowest BCUT2D eigenvalue weighted by Gasteiger charge is -2.21. The molecule has 1 N–H and O–H groups in total. The van der Waals surface area contributed by atoms with E-state index in [0.29, 0.717) is 6.42 Å². The Hall–Kier alpha value is -1.96. The average molecular weight is 385 g/mol. The van der Waals surface area contributed by atoms with Crippen molar-refractivity contribution in [2.24, 2.45) is 0 Å². The van der Waals surface area contributed by atoms with E-state index in [4.69, 9.17) is 5.26 Å². The van der Waals surface area contributed by atoms with E-state index in [1.165, 1.54) is 24.3 Å². The number of likely N-dealkylation sites (N-methyl/N-ethyl adjacent to an activating group) is 1. The maximum atomic E-state index is 12.6. The molecule has 1 aromatic rings. The summed E-state index contributed by atoms with van der Waals surface area (Å²) in [6.45, 7) is 1.25. The molecule has 0 aromatic heterocycles. The predicted molar refractivity (Wildman–Crippen MR) is 90.8 cm³/mol. The zero-order valence-electron chi connectivity index (χ0n) is 13.7. The Balaban J connectivity index is 2.10. The number of sulfonamides is 1. The third kappa shape index (κ3) is 4.78. The SMILES string of the molecule is CCN(CC(=O)NC1CCS(=O)(=O)C1)S(=O)(=O)c1cccc(C#N)c1. The molecule has 25 heavy (non-hydrogen) atoms. The molecule has 1 atom stereocenters. The Morgan fingerprint density at radius 2 is 2.16 bits per heavy atom. The van der Waals surface area contributed by atoms with Crippen molar-refractivity contribution in [2.45, 2.75) is 24.3 Å². The molecular formula is C15H19N3O5S2. The van der Waals surface area contributed by atoms with Gasteiger partial charge < -0.3 is 5.32 Å². The quantitative estimate of drug-likeness (QED) is 0.727. The summed E-state index contributed by atoms with van der Waals surface area (Å²) in [4.78, 5) is 12.1. The van der Waals surface area contributed by atoms with Gasteiger partial charge in [-0.1, -0.05) is 13.0 Å². The van der Waals surface area contributed by atoms with Crippen LogP contribution in [0, 0.1) is 11.3 Å². The minimum absolute atomic E-state index is 0.0225. The van der Waals surface area contributed by atoms with Crippen molar-refractivity contribution >= 4 is 25.8 Å². The zero-order valence-corrected chi connectivity index (χ0v) is 15.3. The molecule has 2 rings (SSSR count). The highest BCUT2D eigenvalue weighted by Crippen LogP contribution is 2.17. The maximum Gasteiger partial charge on any atom is 0.243 e. The summed E-state index contributed by atoms with van der Waals surface area (Å²) in [6, 6.07) is 6.95. The molecule has 0 spiro atoms. The van der Waals surface area contributed by atoms with E-state index in [1.54, 1.807) is 6.92 Å². The summed E-state index contributed by atoms with van der Waals surface area (Å²) in [5, 5.41) is 11.5. The average Bonchev–Trinajstić information content (AvgIpc) is 2.90. The summed E-state index contributed by atoms with van der Waals surface area (Å²) < 4.78 is 49.1. The van der Waals surface area contributed by atoms with Gasteiger partial charge in [0.25, 0.3) is 0 Å². The Morgan fingerprint density at radius 1 is 1.44 bits per heavy atom. The highest BCUT2D eigenvalue weighted by Gasteiger charge is 2.31. The second-order valence-corrected chi connectivity index (χ2v) is 9.90. The number of hydrogen-bond acceptors (Lipinski definition) is 6. The van der Waals surface area contributed by atoms with E-state index in [1.807, 2.05) is 6.07 Å². The van der Waals surface area contributed by atoms with Crippen LogP contribution in [0.3, 0.4) is 0 Å². The minimum Gasteiger partial charge on any atom is -0.351 e. The van der Waals surface area contributed by atoms with Crippen LogP contribution >= 0.6 is 0 Å². The van der Waals surface area contributed by atoms with E-state index < -0.39 is 38.4 Å². The molecule has 1 aliphatic heterocycles. The van der Waals surface area contributed by atoms with Crippen LogP contribution in [0.25, 0.3) is 0 Å². The normalized spacial score (nSPS) is 19.5. The molecule has 1 heterocycles. The fourth-order valence-corrected chi connectivity index (χ4v) is 5.71. The van der Waals surface area contributed by atoms with Crippen LogP contribution in [-0.4, -0.2) is 57.7 Å². The van der Waals surface area contributed by atoms with Gasteiger partial charge in [-0.25, -0.2) is 16.8 Å². The van der Waals surface area contributed by atoms with Crippen LogP contribution in [-0.2, 0) is 24.7 Å². The molecule has 0 aliphatic carbocycles. The van der Waals surface area contributed by atoms with Gasteiger partial charge in [0.15, 0.2) is 9.84 Å². The molecule has 1 aromatic carbocycles. The third-order valence-corrected chi connectivity index (χ3v) is 7.56. The summed E-state index contributed by atoms with van der Waals surface area (Å²) in [6.07, 6.45) is 0.331. The van der Waals surface area contributed by atoms with Crippen LogP contribution in [0.2, 0.25) is 0 Å². The molecule has 1 saturated heterocycles. The number of carbonyl (C=O) groups excluding carboxylic acids is 1. The van der Waals surface area contributed by atoms with Crippen molar-refractivity contribution in [2.75, 3.05) is 24.6 Å². The van der Waals surface area contributed by atoms with Crippen molar-refractivity contribution in [1.82, 2.24) is 9.62 Å². The minimum atomic E-state index is -3.93. The van der Waals surface area contributed by atoms with Crippen LogP contribution in [0.4, 0.5) is 0 Å². The van der Waals surface area contributed by atoms with Crippen LogP contribution < -0.4 is 5.32 Å². The molecule has 136 valence electrons. The number of amides is 1. The van der Waals surface area contributed by atoms with E-state index in [9.17, 15) is 21.6 Å². The van der Waals surface area contributed by atoms with Crippen molar-refractivity contribution < 1.29 is 21.6 Å². The number of carbonyl (C=O) groups is 1. The standard InChI is InChI=1S/C15H19N3O5S2/c1-2-18(10-15(19)17-13-6-7-24(20,21)11-13)25(22,23)14-5-3-4-12(8-14)9-16/h3-5,8,13H,2,6-7,10-11H2,1H3,(H,17,19). The Morgan fingerprint density at radius 3 is 2.72 bits per heavy atom. The summed E-state index contributed by atoms with van der Waals surface area (Å²) in [5.74, 6) is -0.653. The van der Waals surface area contributed by atoms with Crippen molar-refractivity contribution in [3.05, 3.63) is 29.8 Å². The number of nitriles is 1.